The summed E-state index contributed by atoms with van der Waals surface area (Å²) in [6.45, 7) is -1.49. The highest BCUT2D eigenvalue weighted by atomic mass is 16.8. The molecule has 3 saturated heterocycles. The zero-order chi connectivity index (χ0) is 31.0. The Morgan fingerprint density at radius 3 is 1.55 bits per heavy atom. The standard InChI is InChI=1S/C23H45N5O14/c24-2-7-13(32)15(34)10(27)21(37-7)41-19-9(4-30)39-23(17(19)36)42-20-12(31)5(25)1-6(26)18(20)40-22-11(28)16(35)14(33)8(3-29)38-22/h5-23,29-36H,1-4,24-28H2/t5-,6+,7-,8+,9+,10+,11+,12-,13+,14+,15-,16-,17+,18+,19+,20-,21+,22+,23+/m0/s1. The average molecular weight is 616 g/mol. The second kappa shape index (κ2) is 14.1. The van der Waals surface area contributed by atoms with Gasteiger partial charge in [0.05, 0.1) is 31.4 Å². The Morgan fingerprint density at radius 1 is 0.524 bits per heavy atom. The van der Waals surface area contributed by atoms with Crippen LogP contribution in [0.25, 0.3) is 0 Å². The highest BCUT2D eigenvalue weighted by Gasteiger charge is 2.54. The lowest BCUT2D eigenvalue weighted by Crippen LogP contribution is -2.68. The van der Waals surface area contributed by atoms with E-state index in [0.717, 1.165) is 0 Å². The molecule has 3 aliphatic heterocycles. The van der Waals surface area contributed by atoms with E-state index in [0.29, 0.717) is 0 Å². The van der Waals surface area contributed by atoms with Crippen molar-refractivity contribution in [1.82, 2.24) is 0 Å². The van der Waals surface area contributed by atoms with Crippen molar-refractivity contribution < 1.29 is 69.3 Å². The van der Waals surface area contributed by atoms with Crippen molar-refractivity contribution in [3.63, 3.8) is 0 Å². The van der Waals surface area contributed by atoms with Gasteiger partial charge in [-0.1, -0.05) is 0 Å². The molecular formula is C23H45N5O14. The Morgan fingerprint density at radius 2 is 1.00 bits per heavy atom. The predicted octanol–water partition coefficient (Wildman–Crippen LogP) is -8.86. The van der Waals surface area contributed by atoms with Crippen LogP contribution >= 0.6 is 0 Å². The van der Waals surface area contributed by atoms with Gasteiger partial charge in [0.2, 0.25) is 0 Å². The van der Waals surface area contributed by atoms with E-state index >= 15 is 0 Å². The minimum absolute atomic E-state index is 0.0642. The first-order valence-electron chi connectivity index (χ1n) is 13.8. The number of hydrogen-bond donors (Lipinski definition) is 13. The van der Waals surface area contributed by atoms with Crippen molar-refractivity contribution in [2.24, 2.45) is 28.7 Å². The summed E-state index contributed by atoms with van der Waals surface area (Å²) in [6, 6.07) is -4.30. The topological polar surface area (TPSA) is 347 Å². The van der Waals surface area contributed by atoms with Crippen LogP contribution in [0.15, 0.2) is 0 Å². The predicted molar refractivity (Wildman–Crippen MR) is 136 cm³/mol. The fourth-order valence-corrected chi connectivity index (χ4v) is 5.70. The quantitative estimate of drug-likeness (QED) is 0.114. The van der Waals surface area contributed by atoms with Crippen molar-refractivity contribution in [3.05, 3.63) is 0 Å². The van der Waals surface area contributed by atoms with E-state index in [1.807, 2.05) is 0 Å². The molecule has 1 aliphatic carbocycles. The van der Waals surface area contributed by atoms with E-state index in [9.17, 15) is 40.9 Å². The van der Waals surface area contributed by atoms with Gasteiger partial charge in [0, 0.05) is 18.6 Å². The molecule has 19 nitrogen and oxygen atoms in total. The van der Waals surface area contributed by atoms with Gasteiger partial charge in [-0.25, -0.2) is 0 Å². The Balaban J connectivity index is 1.50. The lowest BCUT2D eigenvalue weighted by molar-refractivity contribution is -0.310. The number of hydrogen-bond acceptors (Lipinski definition) is 19. The highest BCUT2D eigenvalue weighted by Crippen LogP contribution is 2.34. The largest absolute Gasteiger partial charge is 0.394 e. The van der Waals surface area contributed by atoms with Crippen LogP contribution in [0.4, 0.5) is 0 Å². The molecule has 1 saturated carbocycles. The normalized spacial score (nSPS) is 53.8. The van der Waals surface area contributed by atoms with Gasteiger partial charge in [-0.3, -0.25) is 0 Å². The molecule has 0 unspecified atom stereocenters. The van der Waals surface area contributed by atoms with Gasteiger partial charge >= 0.3 is 0 Å². The Labute approximate surface area is 240 Å². The molecule has 0 aromatic rings. The molecule has 19 atom stereocenters. The van der Waals surface area contributed by atoms with Crippen molar-refractivity contribution in [1.29, 1.82) is 0 Å². The number of nitrogens with two attached hydrogens (primary N) is 5. The van der Waals surface area contributed by atoms with Crippen LogP contribution in [0.5, 0.6) is 0 Å². The maximum atomic E-state index is 11.1. The second-order valence-electron chi connectivity index (χ2n) is 11.2. The first-order chi connectivity index (χ1) is 19.8. The second-order valence-corrected chi connectivity index (χ2v) is 11.2. The molecule has 0 spiro atoms. The molecule has 3 heterocycles. The van der Waals surface area contributed by atoms with Gasteiger partial charge in [-0.15, -0.1) is 0 Å². The Bertz CT molecular complexity index is 866. The summed E-state index contributed by atoms with van der Waals surface area (Å²) < 4.78 is 34.4. The molecule has 4 aliphatic rings. The maximum absolute atomic E-state index is 11.1. The fourth-order valence-electron chi connectivity index (χ4n) is 5.70. The lowest BCUT2D eigenvalue weighted by atomic mass is 9.84. The van der Waals surface area contributed by atoms with E-state index < -0.39 is 129 Å². The first kappa shape index (κ1) is 34.1. The van der Waals surface area contributed by atoms with Crippen LogP contribution < -0.4 is 28.7 Å². The van der Waals surface area contributed by atoms with Gasteiger partial charge in [-0.2, -0.15) is 0 Å². The Kier molecular flexibility index (Phi) is 11.5. The third kappa shape index (κ3) is 6.60. The molecule has 0 radical (unpaired) electrons. The number of ether oxygens (including phenoxy) is 6. The van der Waals surface area contributed by atoms with Gasteiger partial charge in [-0.05, 0) is 6.42 Å². The molecule has 246 valence electrons. The number of rotatable bonds is 9. The van der Waals surface area contributed by atoms with Crippen molar-refractivity contribution in [2.75, 3.05) is 19.8 Å². The van der Waals surface area contributed by atoms with E-state index in [2.05, 4.69) is 0 Å². The smallest absolute Gasteiger partial charge is 0.187 e. The minimum atomic E-state index is -1.62. The van der Waals surface area contributed by atoms with Crippen molar-refractivity contribution in [3.8, 4) is 0 Å². The van der Waals surface area contributed by atoms with Crippen LogP contribution in [0, 0.1) is 0 Å². The first-order valence-corrected chi connectivity index (χ1v) is 13.8. The SMILES string of the molecule is NC[C@@H]1O[C@H](O[C@H]2[C@@H](O)[C@@H](O[C@H]3[C@@H](O)[C@@H](N)C[C@@H](N)[C@H]3O[C@H]3O[C@H](CO)[C@@H](O)[C@@H](O)[C@H]3N)O[C@@H]2CO)[C@H](N)[C@H](O)[C@@H]1O. The van der Waals surface area contributed by atoms with Gasteiger partial charge in [0.1, 0.15) is 67.1 Å². The average Bonchev–Trinajstić information content (AvgIpc) is 3.27. The third-order valence-electron chi connectivity index (χ3n) is 8.32. The van der Waals surface area contributed by atoms with Gasteiger partial charge < -0.3 is 97.9 Å². The monoisotopic (exact) mass is 615 g/mol. The molecule has 42 heavy (non-hydrogen) atoms. The molecule has 19 heteroatoms. The summed E-state index contributed by atoms with van der Waals surface area (Å²) in [5.41, 5.74) is 29.9. The molecule has 4 fully saturated rings. The van der Waals surface area contributed by atoms with E-state index in [4.69, 9.17) is 57.1 Å². The van der Waals surface area contributed by atoms with Crippen LogP contribution in [-0.2, 0) is 28.4 Å². The zero-order valence-electron chi connectivity index (χ0n) is 22.7. The van der Waals surface area contributed by atoms with Gasteiger partial charge in [0.25, 0.3) is 0 Å². The molecule has 0 aromatic heterocycles. The summed E-state index contributed by atoms with van der Waals surface area (Å²) in [4.78, 5) is 0. The summed E-state index contributed by atoms with van der Waals surface area (Å²) in [5, 5.41) is 82.3. The molecular weight excluding hydrogens is 570 g/mol. The summed E-state index contributed by atoms with van der Waals surface area (Å²) in [7, 11) is 0. The lowest BCUT2D eigenvalue weighted by Gasteiger charge is -2.47. The molecule has 0 amide bonds. The zero-order valence-corrected chi connectivity index (χ0v) is 22.7. The fraction of sp³-hybridized carbons (Fsp3) is 1.00. The summed E-state index contributed by atoms with van der Waals surface area (Å²) in [6.07, 6.45) is -20.5. The van der Waals surface area contributed by atoms with Crippen LogP contribution in [0.2, 0.25) is 0 Å². The van der Waals surface area contributed by atoms with E-state index in [1.54, 1.807) is 0 Å². The van der Waals surface area contributed by atoms with Crippen LogP contribution in [0.3, 0.4) is 0 Å². The molecule has 0 bridgehead atoms. The summed E-state index contributed by atoms with van der Waals surface area (Å²) in [5.74, 6) is 0. The molecule has 18 N–H and O–H groups in total. The third-order valence-corrected chi connectivity index (χ3v) is 8.32. The Hall–Kier alpha value is -0.760. The van der Waals surface area contributed by atoms with Crippen LogP contribution in [0.1, 0.15) is 6.42 Å². The van der Waals surface area contributed by atoms with Crippen molar-refractivity contribution in [2.45, 2.75) is 123 Å². The van der Waals surface area contributed by atoms with Crippen LogP contribution in [-0.4, -0.2) is 177 Å². The van der Waals surface area contributed by atoms with Gasteiger partial charge in [0.15, 0.2) is 18.9 Å². The van der Waals surface area contributed by atoms with E-state index in [-0.39, 0.29) is 13.0 Å². The number of aliphatic hydroxyl groups is 8. The number of aliphatic hydroxyl groups excluding tert-OH is 8. The molecule has 0 aromatic carbocycles. The maximum Gasteiger partial charge on any atom is 0.187 e. The highest BCUT2D eigenvalue weighted by molar-refractivity contribution is 5.02. The van der Waals surface area contributed by atoms with E-state index in [1.165, 1.54) is 0 Å². The minimum Gasteiger partial charge on any atom is -0.394 e. The van der Waals surface area contributed by atoms with Crippen molar-refractivity contribution >= 4 is 0 Å². The summed E-state index contributed by atoms with van der Waals surface area (Å²) >= 11 is 0. The molecule has 4 rings (SSSR count).